The molecule has 0 bridgehead atoms. The number of hydrogen-bond acceptors (Lipinski definition) is 3. The maximum atomic E-state index is 13.9. The van der Waals surface area contributed by atoms with Gasteiger partial charge in [-0.1, -0.05) is 12.8 Å². The molecule has 1 saturated carbocycles. The lowest BCUT2D eigenvalue weighted by Gasteiger charge is -2.14. The zero-order chi connectivity index (χ0) is 15.5. The fourth-order valence-corrected chi connectivity index (χ4v) is 4.23. The second-order valence-electron chi connectivity index (χ2n) is 5.73. The van der Waals surface area contributed by atoms with Gasteiger partial charge in [-0.2, -0.15) is 0 Å². The summed E-state index contributed by atoms with van der Waals surface area (Å²) in [6, 6.07) is 2.92. The largest absolute Gasteiger partial charge is 0.316 e. The van der Waals surface area contributed by atoms with Crippen LogP contribution in [-0.2, 0) is 16.6 Å². The van der Waals surface area contributed by atoms with Crippen molar-refractivity contribution < 1.29 is 12.8 Å². The maximum absolute atomic E-state index is 13.9. The maximum Gasteiger partial charge on any atom is 0.240 e. The molecule has 0 atom stereocenters. The quantitative estimate of drug-likeness (QED) is 0.847. The summed E-state index contributed by atoms with van der Waals surface area (Å²) < 4.78 is 41.4. The van der Waals surface area contributed by atoms with Gasteiger partial charge in [0.25, 0.3) is 0 Å². The van der Waals surface area contributed by atoms with Crippen LogP contribution in [0.2, 0.25) is 0 Å². The summed E-state index contributed by atoms with van der Waals surface area (Å²) in [6.45, 7) is 2.38. The summed E-state index contributed by atoms with van der Waals surface area (Å²) in [6.07, 6.45) is 4.46. The first-order valence-corrected chi connectivity index (χ1v) is 8.85. The van der Waals surface area contributed by atoms with Crippen molar-refractivity contribution in [1.29, 1.82) is 0 Å². The molecule has 0 aromatic heterocycles. The number of rotatable bonds is 6. The molecule has 6 heteroatoms. The molecule has 2 rings (SSSR count). The smallest absolute Gasteiger partial charge is 0.240 e. The standard InChI is InChI=1S/C15H23FN2O2S/c1-11-14(16)7-13(9-17-2)8-15(11)21(19,20)18-10-12-5-3-4-6-12/h7-8,12,17-18H,3-6,9-10H2,1-2H3. The van der Waals surface area contributed by atoms with Crippen LogP contribution in [0.3, 0.4) is 0 Å². The lowest BCUT2D eigenvalue weighted by Crippen LogP contribution is -2.29. The minimum Gasteiger partial charge on any atom is -0.316 e. The fraction of sp³-hybridized carbons (Fsp3) is 0.600. The molecule has 0 radical (unpaired) electrons. The Morgan fingerprint density at radius 3 is 2.57 bits per heavy atom. The van der Waals surface area contributed by atoms with Gasteiger partial charge in [0.15, 0.2) is 0 Å². The number of sulfonamides is 1. The molecular weight excluding hydrogens is 291 g/mol. The van der Waals surface area contributed by atoms with Crippen LogP contribution in [0.15, 0.2) is 17.0 Å². The van der Waals surface area contributed by atoms with Gasteiger partial charge in [-0.15, -0.1) is 0 Å². The van der Waals surface area contributed by atoms with Gasteiger partial charge in [0.1, 0.15) is 5.82 Å². The number of halogens is 1. The first-order chi connectivity index (χ1) is 9.94. The predicted molar refractivity (Wildman–Crippen MR) is 81.0 cm³/mol. The van der Waals surface area contributed by atoms with Crippen molar-refractivity contribution in [3.05, 3.63) is 29.1 Å². The molecule has 0 amide bonds. The number of nitrogens with one attached hydrogen (secondary N) is 2. The Labute approximate surface area is 126 Å². The van der Waals surface area contributed by atoms with Crippen LogP contribution in [-0.4, -0.2) is 22.0 Å². The second kappa shape index (κ2) is 6.85. The third-order valence-electron chi connectivity index (χ3n) is 4.06. The van der Waals surface area contributed by atoms with Gasteiger partial charge in [-0.05, 0) is 50.4 Å². The van der Waals surface area contributed by atoms with Crippen LogP contribution in [0, 0.1) is 18.7 Å². The normalized spacial score (nSPS) is 16.5. The highest BCUT2D eigenvalue weighted by atomic mass is 32.2. The molecule has 1 aromatic rings. The van der Waals surface area contributed by atoms with E-state index in [4.69, 9.17) is 0 Å². The summed E-state index contributed by atoms with van der Waals surface area (Å²) >= 11 is 0. The van der Waals surface area contributed by atoms with Crippen LogP contribution < -0.4 is 10.0 Å². The van der Waals surface area contributed by atoms with Crippen LogP contribution >= 0.6 is 0 Å². The molecule has 0 spiro atoms. The van der Waals surface area contributed by atoms with E-state index in [1.807, 2.05) is 0 Å². The van der Waals surface area contributed by atoms with Gasteiger partial charge in [-0.3, -0.25) is 0 Å². The highest BCUT2D eigenvalue weighted by molar-refractivity contribution is 7.89. The Balaban J connectivity index is 2.21. The Hall–Kier alpha value is -0.980. The van der Waals surface area contributed by atoms with Crippen LogP contribution in [0.5, 0.6) is 0 Å². The van der Waals surface area contributed by atoms with E-state index in [1.165, 1.54) is 13.0 Å². The van der Waals surface area contributed by atoms with Crippen molar-refractivity contribution in [2.45, 2.75) is 44.0 Å². The molecule has 0 saturated heterocycles. The van der Waals surface area contributed by atoms with Gasteiger partial charge in [0.05, 0.1) is 4.90 Å². The topological polar surface area (TPSA) is 58.2 Å². The minimum absolute atomic E-state index is 0.0470. The van der Waals surface area contributed by atoms with Gasteiger partial charge >= 0.3 is 0 Å². The van der Waals surface area contributed by atoms with Crippen LogP contribution in [0.1, 0.15) is 36.8 Å². The first kappa shape index (κ1) is 16.4. The van der Waals surface area contributed by atoms with E-state index in [-0.39, 0.29) is 10.5 Å². The monoisotopic (exact) mass is 314 g/mol. The lowest BCUT2D eigenvalue weighted by atomic mass is 10.1. The zero-order valence-electron chi connectivity index (χ0n) is 12.6. The van der Waals surface area contributed by atoms with Crippen LogP contribution in [0.4, 0.5) is 4.39 Å². The van der Waals surface area contributed by atoms with Gasteiger partial charge in [0.2, 0.25) is 10.0 Å². The van der Waals surface area contributed by atoms with E-state index < -0.39 is 15.8 Å². The van der Waals surface area contributed by atoms with Crippen molar-refractivity contribution in [2.24, 2.45) is 5.92 Å². The van der Waals surface area contributed by atoms with E-state index in [2.05, 4.69) is 10.0 Å². The van der Waals surface area contributed by atoms with Gasteiger partial charge in [0, 0.05) is 18.7 Å². The Bertz CT molecular complexity index is 596. The van der Waals surface area contributed by atoms with E-state index in [0.717, 1.165) is 25.7 Å². The average molecular weight is 314 g/mol. The molecule has 4 nitrogen and oxygen atoms in total. The molecule has 2 N–H and O–H groups in total. The van der Waals surface area contributed by atoms with Crippen LogP contribution in [0.25, 0.3) is 0 Å². The third kappa shape index (κ3) is 4.02. The van der Waals surface area contributed by atoms with E-state index >= 15 is 0 Å². The summed E-state index contributed by atoms with van der Waals surface area (Å²) in [4.78, 5) is 0.0470. The molecule has 1 aliphatic carbocycles. The summed E-state index contributed by atoms with van der Waals surface area (Å²) in [5.41, 5.74) is 0.801. The summed E-state index contributed by atoms with van der Waals surface area (Å²) in [5, 5.41) is 2.90. The van der Waals surface area contributed by atoms with Crippen molar-refractivity contribution in [1.82, 2.24) is 10.0 Å². The molecule has 0 aliphatic heterocycles. The SMILES string of the molecule is CNCc1cc(F)c(C)c(S(=O)(=O)NCC2CCCC2)c1. The number of benzene rings is 1. The van der Waals surface area contributed by atoms with Gasteiger partial charge < -0.3 is 5.32 Å². The van der Waals surface area contributed by atoms with Gasteiger partial charge in [-0.25, -0.2) is 17.5 Å². The third-order valence-corrected chi connectivity index (χ3v) is 5.61. The van der Waals surface area contributed by atoms with Crippen molar-refractivity contribution in [2.75, 3.05) is 13.6 Å². The van der Waals surface area contributed by atoms with Crippen molar-refractivity contribution in [3.63, 3.8) is 0 Å². The van der Waals surface area contributed by atoms with E-state index in [0.29, 0.717) is 24.6 Å². The molecule has 1 fully saturated rings. The fourth-order valence-electron chi connectivity index (χ4n) is 2.81. The molecular formula is C15H23FN2O2S. The molecule has 21 heavy (non-hydrogen) atoms. The Morgan fingerprint density at radius 2 is 1.95 bits per heavy atom. The predicted octanol–water partition coefficient (Wildman–Crippen LogP) is 2.32. The minimum atomic E-state index is -3.66. The molecule has 0 unspecified atom stereocenters. The average Bonchev–Trinajstić information content (AvgIpc) is 2.94. The summed E-state index contributed by atoms with van der Waals surface area (Å²) in [7, 11) is -1.92. The second-order valence-corrected chi connectivity index (χ2v) is 7.47. The van der Waals surface area contributed by atoms with Crippen molar-refractivity contribution >= 4 is 10.0 Å². The lowest BCUT2D eigenvalue weighted by molar-refractivity contribution is 0.518. The molecule has 1 aromatic carbocycles. The highest BCUT2D eigenvalue weighted by Crippen LogP contribution is 2.25. The molecule has 1 aliphatic rings. The van der Waals surface area contributed by atoms with E-state index in [1.54, 1.807) is 13.1 Å². The molecule has 0 heterocycles. The van der Waals surface area contributed by atoms with Crippen molar-refractivity contribution in [3.8, 4) is 0 Å². The zero-order valence-corrected chi connectivity index (χ0v) is 13.4. The number of hydrogen-bond donors (Lipinski definition) is 2. The highest BCUT2D eigenvalue weighted by Gasteiger charge is 2.22. The Morgan fingerprint density at radius 1 is 1.29 bits per heavy atom. The summed E-state index contributed by atoms with van der Waals surface area (Å²) in [5.74, 6) is -0.0746. The first-order valence-electron chi connectivity index (χ1n) is 7.37. The van der Waals surface area contributed by atoms with E-state index in [9.17, 15) is 12.8 Å². The Kier molecular flexibility index (Phi) is 5.35. The molecule has 118 valence electrons.